The summed E-state index contributed by atoms with van der Waals surface area (Å²) < 4.78 is 11.5. The monoisotopic (exact) mass is 254 g/mol. The van der Waals surface area contributed by atoms with E-state index >= 15 is 0 Å². The summed E-state index contributed by atoms with van der Waals surface area (Å²) in [5.74, 6) is 2.02. The molecule has 0 saturated carbocycles. The van der Waals surface area contributed by atoms with Crippen molar-refractivity contribution < 1.29 is 14.6 Å². The number of methoxy groups -OCH3 is 1. The van der Waals surface area contributed by atoms with Crippen molar-refractivity contribution in [3.05, 3.63) is 46.2 Å². The summed E-state index contributed by atoms with van der Waals surface area (Å²) in [6, 6.07) is 4.13. The Hall–Kier alpha value is -1.90. The van der Waals surface area contributed by atoms with Crippen LogP contribution >= 0.6 is 0 Å². The second-order valence-electron chi connectivity index (χ2n) is 5.87. The molecule has 0 aromatic heterocycles. The van der Waals surface area contributed by atoms with Gasteiger partial charge in [0, 0.05) is 5.56 Å². The highest BCUT2D eigenvalue weighted by Gasteiger charge is 2.63. The van der Waals surface area contributed by atoms with Crippen molar-refractivity contribution in [3.63, 3.8) is 0 Å². The van der Waals surface area contributed by atoms with Crippen molar-refractivity contribution in [1.29, 1.82) is 0 Å². The molecular weight excluding hydrogens is 240 g/mol. The topological polar surface area (TPSA) is 38.7 Å². The summed E-state index contributed by atoms with van der Waals surface area (Å²) in [5, 5.41) is 10.2. The van der Waals surface area contributed by atoms with Gasteiger partial charge in [0.05, 0.1) is 12.5 Å². The fraction of sp³-hybridized carbons (Fsp3) is 0.375. The SMILES string of the molecule is COc1ccc2c3c1O[C@H]1C(O)=CCC4=C(C2)C[C@]431. The molecule has 2 atom stereocenters. The van der Waals surface area contributed by atoms with Gasteiger partial charge in [-0.15, -0.1) is 0 Å². The van der Waals surface area contributed by atoms with Crippen LogP contribution in [0.15, 0.2) is 35.1 Å². The van der Waals surface area contributed by atoms with Crippen molar-refractivity contribution in [1.82, 2.24) is 0 Å². The van der Waals surface area contributed by atoms with E-state index in [4.69, 9.17) is 9.47 Å². The van der Waals surface area contributed by atoms with E-state index in [0.29, 0.717) is 5.76 Å². The third-order valence-electron chi connectivity index (χ3n) is 5.20. The maximum Gasteiger partial charge on any atom is 0.169 e. The molecule has 1 heterocycles. The predicted molar refractivity (Wildman–Crippen MR) is 69.8 cm³/mol. The number of aliphatic hydroxyl groups is 1. The van der Waals surface area contributed by atoms with Crippen LogP contribution in [0.2, 0.25) is 0 Å². The smallest absolute Gasteiger partial charge is 0.169 e. The number of rotatable bonds is 1. The Kier molecular flexibility index (Phi) is 1.48. The number of hydrogen-bond acceptors (Lipinski definition) is 3. The van der Waals surface area contributed by atoms with Gasteiger partial charge >= 0.3 is 0 Å². The minimum absolute atomic E-state index is 0.0778. The lowest BCUT2D eigenvalue weighted by molar-refractivity contribution is 0.118. The molecule has 1 aromatic rings. The molecule has 4 aliphatic rings. The highest BCUT2D eigenvalue weighted by atomic mass is 16.5. The van der Waals surface area contributed by atoms with Gasteiger partial charge in [0.1, 0.15) is 5.76 Å². The highest BCUT2D eigenvalue weighted by Crippen LogP contribution is 2.67. The van der Waals surface area contributed by atoms with Gasteiger partial charge in [0.2, 0.25) is 0 Å². The first kappa shape index (κ1) is 9.96. The van der Waals surface area contributed by atoms with Crippen LogP contribution < -0.4 is 9.47 Å². The van der Waals surface area contributed by atoms with Crippen molar-refractivity contribution in [2.24, 2.45) is 0 Å². The average Bonchev–Trinajstić information content (AvgIpc) is 2.79. The molecule has 3 nitrogen and oxygen atoms in total. The molecule has 2 bridgehead atoms. The molecule has 3 aliphatic carbocycles. The van der Waals surface area contributed by atoms with Gasteiger partial charge in [-0.3, -0.25) is 0 Å². The molecule has 0 unspecified atom stereocenters. The zero-order valence-electron chi connectivity index (χ0n) is 10.7. The van der Waals surface area contributed by atoms with E-state index in [0.717, 1.165) is 30.8 Å². The number of benzene rings is 1. The summed E-state index contributed by atoms with van der Waals surface area (Å²) in [6.45, 7) is 0. The number of allylic oxidation sites excluding steroid dienone is 2. The van der Waals surface area contributed by atoms with Gasteiger partial charge in [0.25, 0.3) is 0 Å². The maximum atomic E-state index is 10.2. The van der Waals surface area contributed by atoms with Crippen LogP contribution in [0.3, 0.4) is 0 Å². The summed E-state index contributed by atoms with van der Waals surface area (Å²) >= 11 is 0. The zero-order chi connectivity index (χ0) is 12.8. The lowest BCUT2D eigenvalue weighted by atomic mass is 9.50. The van der Waals surface area contributed by atoms with E-state index < -0.39 is 0 Å². The molecule has 0 fully saturated rings. The van der Waals surface area contributed by atoms with Gasteiger partial charge in [0.15, 0.2) is 17.6 Å². The molecule has 96 valence electrons. The summed E-state index contributed by atoms with van der Waals surface area (Å²) in [4.78, 5) is 0. The Bertz CT molecular complexity index is 698. The van der Waals surface area contributed by atoms with Crippen LogP contribution in [0.25, 0.3) is 0 Å². The zero-order valence-corrected chi connectivity index (χ0v) is 10.7. The first-order valence-electron chi connectivity index (χ1n) is 6.73. The first-order valence-corrected chi connectivity index (χ1v) is 6.73. The summed E-state index contributed by atoms with van der Waals surface area (Å²) in [5.41, 5.74) is 5.57. The van der Waals surface area contributed by atoms with Gasteiger partial charge in [-0.2, -0.15) is 0 Å². The van der Waals surface area contributed by atoms with E-state index in [1.165, 1.54) is 16.7 Å². The van der Waals surface area contributed by atoms with Crippen LogP contribution in [-0.2, 0) is 11.8 Å². The van der Waals surface area contributed by atoms with E-state index in [2.05, 4.69) is 6.07 Å². The Balaban J connectivity index is 1.87. The number of ether oxygens (including phenoxy) is 2. The first-order chi connectivity index (χ1) is 9.25. The molecule has 1 spiro atoms. The Morgan fingerprint density at radius 2 is 2.32 bits per heavy atom. The Morgan fingerprint density at radius 3 is 3.16 bits per heavy atom. The van der Waals surface area contributed by atoms with Gasteiger partial charge in [-0.1, -0.05) is 17.2 Å². The maximum absolute atomic E-state index is 10.2. The summed E-state index contributed by atoms with van der Waals surface area (Å²) in [6.07, 6.45) is 4.62. The average molecular weight is 254 g/mol. The van der Waals surface area contributed by atoms with Crippen molar-refractivity contribution in [3.8, 4) is 11.5 Å². The van der Waals surface area contributed by atoms with Crippen molar-refractivity contribution in [2.45, 2.75) is 30.8 Å². The predicted octanol–water partition coefficient (Wildman–Crippen LogP) is 2.80. The molecular formula is C16H14O3. The van der Waals surface area contributed by atoms with E-state index in [1.807, 2.05) is 12.1 Å². The molecule has 3 heteroatoms. The highest BCUT2D eigenvalue weighted by molar-refractivity contribution is 5.71. The molecule has 19 heavy (non-hydrogen) atoms. The van der Waals surface area contributed by atoms with Gasteiger partial charge in [-0.25, -0.2) is 0 Å². The second-order valence-corrected chi connectivity index (χ2v) is 5.87. The van der Waals surface area contributed by atoms with Crippen LogP contribution in [0.1, 0.15) is 24.0 Å². The third-order valence-corrected chi connectivity index (χ3v) is 5.20. The van der Waals surface area contributed by atoms with E-state index in [-0.39, 0.29) is 11.5 Å². The molecule has 5 rings (SSSR count). The lowest BCUT2D eigenvalue weighted by Gasteiger charge is -2.52. The third kappa shape index (κ3) is 0.857. The van der Waals surface area contributed by atoms with Gasteiger partial charge in [-0.05, 0) is 37.0 Å². The quantitative estimate of drug-likeness (QED) is 0.783. The number of aliphatic hydroxyl groups excluding tert-OH is 1. The van der Waals surface area contributed by atoms with Crippen LogP contribution in [0, 0.1) is 0 Å². The van der Waals surface area contributed by atoms with Gasteiger partial charge < -0.3 is 14.6 Å². The Labute approximate surface area is 111 Å². The second kappa shape index (κ2) is 2.82. The Morgan fingerprint density at radius 1 is 1.42 bits per heavy atom. The fourth-order valence-electron chi connectivity index (χ4n) is 4.47. The molecule has 0 radical (unpaired) electrons. The minimum atomic E-state index is -0.231. The molecule has 1 aliphatic heterocycles. The minimum Gasteiger partial charge on any atom is -0.509 e. The normalized spacial score (nSPS) is 32.3. The molecule has 0 saturated heterocycles. The summed E-state index contributed by atoms with van der Waals surface area (Å²) in [7, 11) is 1.67. The standard InChI is InChI=1S/C16H14O3/c1-18-12-5-2-8-6-9-7-16-10(9)3-4-11(17)15(16)19-14(12)13(8)16/h2,4-5,15,17H,3,6-7H2,1H3/t15-,16-/m0/s1. The number of hydrogen-bond donors (Lipinski definition) is 1. The van der Waals surface area contributed by atoms with Crippen LogP contribution in [-0.4, -0.2) is 18.3 Å². The molecule has 1 N–H and O–H groups in total. The van der Waals surface area contributed by atoms with E-state index in [1.54, 1.807) is 12.7 Å². The van der Waals surface area contributed by atoms with E-state index in [9.17, 15) is 5.11 Å². The van der Waals surface area contributed by atoms with Crippen LogP contribution in [0.4, 0.5) is 0 Å². The van der Waals surface area contributed by atoms with Crippen molar-refractivity contribution >= 4 is 0 Å². The fourth-order valence-corrected chi connectivity index (χ4v) is 4.47. The largest absolute Gasteiger partial charge is 0.509 e. The molecule has 1 aromatic carbocycles. The van der Waals surface area contributed by atoms with Crippen molar-refractivity contribution in [2.75, 3.05) is 7.11 Å². The molecule has 0 amide bonds. The van der Waals surface area contributed by atoms with Crippen LogP contribution in [0.5, 0.6) is 11.5 Å². The lowest BCUT2D eigenvalue weighted by Crippen LogP contribution is -2.52.